The Balaban J connectivity index is 2.04. The number of alkyl halides is 2. The Morgan fingerprint density at radius 1 is 1.58 bits per heavy atom. The van der Waals surface area contributed by atoms with Crippen LogP contribution in [0.5, 0.6) is 0 Å². The average molecular weight is 193 g/mol. The molecule has 0 unspecified atom stereocenters. The SMILES string of the molecule is FC(F)COCCc1nccs1. The monoisotopic (exact) mass is 193 g/mol. The predicted octanol–water partition coefficient (Wildman–Crippen LogP) is 1.97. The highest BCUT2D eigenvalue weighted by Gasteiger charge is 2.01. The lowest BCUT2D eigenvalue weighted by Crippen LogP contribution is -2.06. The van der Waals surface area contributed by atoms with Crippen molar-refractivity contribution in [2.24, 2.45) is 0 Å². The van der Waals surface area contributed by atoms with Gasteiger partial charge in [-0.15, -0.1) is 11.3 Å². The Morgan fingerprint density at radius 3 is 3.00 bits per heavy atom. The highest BCUT2D eigenvalue weighted by Crippen LogP contribution is 2.04. The van der Waals surface area contributed by atoms with E-state index in [1.165, 1.54) is 11.3 Å². The summed E-state index contributed by atoms with van der Waals surface area (Å²) in [4.78, 5) is 3.98. The van der Waals surface area contributed by atoms with E-state index in [4.69, 9.17) is 0 Å². The zero-order chi connectivity index (χ0) is 8.81. The highest BCUT2D eigenvalue weighted by atomic mass is 32.1. The van der Waals surface area contributed by atoms with Gasteiger partial charge in [0.15, 0.2) is 0 Å². The Hall–Kier alpha value is -0.550. The molecule has 0 aliphatic rings. The van der Waals surface area contributed by atoms with E-state index in [-0.39, 0.29) is 0 Å². The summed E-state index contributed by atoms with van der Waals surface area (Å²) in [5.41, 5.74) is 0. The van der Waals surface area contributed by atoms with Gasteiger partial charge in [-0.25, -0.2) is 13.8 Å². The van der Waals surface area contributed by atoms with Crippen LogP contribution in [0, 0.1) is 0 Å². The molecule has 68 valence electrons. The molecular formula is C7H9F2NOS. The standard InChI is InChI=1S/C7H9F2NOS/c8-6(9)5-11-3-1-7-10-2-4-12-7/h2,4,6H,1,3,5H2. The quantitative estimate of drug-likeness (QED) is 0.667. The van der Waals surface area contributed by atoms with Gasteiger partial charge >= 0.3 is 0 Å². The maximum absolute atomic E-state index is 11.6. The third-order valence-electron chi connectivity index (χ3n) is 1.19. The maximum atomic E-state index is 11.6. The molecule has 0 N–H and O–H groups in total. The summed E-state index contributed by atoms with van der Waals surface area (Å²) in [6.45, 7) is -0.163. The minimum Gasteiger partial charge on any atom is -0.375 e. The second-order valence-electron chi connectivity index (χ2n) is 2.14. The smallest absolute Gasteiger partial charge is 0.261 e. The van der Waals surface area contributed by atoms with Crippen LogP contribution in [0.15, 0.2) is 11.6 Å². The molecule has 1 aromatic rings. The third kappa shape index (κ3) is 3.73. The van der Waals surface area contributed by atoms with Crippen molar-refractivity contribution in [3.05, 3.63) is 16.6 Å². The normalized spacial score (nSPS) is 10.9. The first-order valence-corrected chi connectivity index (χ1v) is 4.41. The molecule has 0 saturated carbocycles. The lowest BCUT2D eigenvalue weighted by atomic mass is 10.5. The zero-order valence-electron chi connectivity index (χ0n) is 6.37. The Labute approximate surface area is 73.2 Å². The van der Waals surface area contributed by atoms with Gasteiger partial charge in [0, 0.05) is 18.0 Å². The Bertz CT molecular complexity index is 203. The molecular weight excluding hydrogens is 184 g/mol. The van der Waals surface area contributed by atoms with E-state index in [0.29, 0.717) is 13.0 Å². The van der Waals surface area contributed by atoms with Crippen LogP contribution in [0.1, 0.15) is 5.01 Å². The van der Waals surface area contributed by atoms with Crippen LogP contribution in [0.2, 0.25) is 0 Å². The van der Waals surface area contributed by atoms with Crippen molar-refractivity contribution >= 4 is 11.3 Å². The molecule has 0 atom stereocenters. The molecule has 0 fully saturated rings. The summed E-state index contributed by atoms with van der Waals surface area (Å²) in [7, 11) is 0. The van der Waals surface area contributed by atoms with Crippen LogP contribution < -0.4 is 0 Å². The molecule has 1 aromatic heterocycles. The van der Waals surface area contributed by atoms with Gasteiger partial charge in [0.1, 0.15) is 6.61 Å². The topological polar surface area (TPSA) is 22.1 Å². The van der Waals surface area contributed by atoms with E-state index < -0.39 is 13.0 Å². The van der Waals surface area contributed by atoms with Crippen LogP contribution in [0.25, 0.3) is 0 Å². The summed E-state index contributed by atoms with van der Waals surface area (Å²) in [5, 5.41) is 2.77. The molecule has 0 aliphatic carbocycles. The molecule has 0 saturated heterocycles. The van der Waals surface area contributed by atoms with E-state index in [0.717, 1.165) is 5.01 Å². The summed E-state index contributed by atoms with van der Waals surface area (Å²) >= 11 is 1.50. The second-order valence-corrected chi connectivity index (χ2v) is 3.12. The average Bonchev–Trinajstić information content (AvgIpc) is 2.49. The minimum atomic E-state index is -2.37. The first-order chi connectivity index (χ1) is 5.79. The number of hydrogen-bond donors (Lipinski definition) is 0. The number of halogens is 2. The molecule has 0 radical (unpaired) electrons. The lowest BCUT2D eigenvalue weighted by Gasteiger charge is -2.00. The molecule has 0 spiro atoms. The molecule has 0 amide bonds. The van der Waals surface area contributed by atoms with Crippen molar-refractivity contribution in [2.45, 2.75) is 12.8 Å². The fourth-order valence-corrected chi connectivity index (χ4v) is 1.31. The number of aromatic nitrogens is 1. The molecule has 2 nitrogen and oxygen atoms in total. The van der Waals surface area contributed by atoms with E-state index in [1.54, 1.807) is 6.20 Å². The largest absolute Gasteiger partial charge is 0.375 e. The minimum absolute atomic E-state index is 0.317. The van der Waals surface area contributed by atoms with Crippen LogP contribution in [-0.2, 0) is 11.2 Å². The zero-order valence-corrected chi connectivity index (χ0v) is 7.19. The third-order valence-corrected chi connectivity index (χ3v) is 2.03. The number of nitrogens with zero attached hydrogens (tertiary/aromatic N) is 1. The van der Waals surface area contributed by atoms with Gasteiger partial charge < -0.3 is 4.74 Å². The number of ether oxygens (including phenoxy) is 1. The molecule has 0 aromatic carbocycles. The Morgan fingerprint density at radius 2 is 2.42 bits per heavy atom. The summed E-state index contributed by atoms with van der Waals surface area (Å²) in [5.74, 6) is 0. The highest BCUT2D eigenvalue weighted by molar-refractivity contribution is 7.09. The van der Waals surface area contributed by atoms with E-state index in [9.17, 15) is 8.78 Å². The Kier molecular flexibility index (Phi) is 4.10. The maximum Gasteiger partial charge on any atom is 0.261 e. The van der Waals surface area contributed by atoms with E-state index in [1.807, 2.05) is 5.38 Å². The van der Waals surface area contributed by atoms with Crippen LogP contribution in [-0.4, -0.2) is 24.6 Å². The van der Waals surface area contributed by atoms with Crippen molar-refractivity contribution in [1.29, 1.82) is 0 Å². The van der Waals surface area contributed by atoms with Gasteiger partial charge in [-0.1, -0.05) is 0 Å². The van der Waals surface area contributed by atoms with Crippen molar-refractivity contribution < 1.29 is 13.5 Å². The summed E-state index contributed by atoms with van der Waals surface area (Å²) in [6.07, 6.45) is -0.0707. The molecule has 1 rings (SSSR count). The van der Waals surface area contributed by atoms with Gasteiger partial charge in [0.2, 0.25) is 0 Å². The van der Waals surface area contributed by atoms with Crippen LogP contribution in [0.4, 0.5) is 8.78 Å². The van der Waals surface area contributed by atoms with Gasteiger partial charge in [-0.3, -0.25) is 0 Å². The summed E-state index contributed by atoms with van der Waals surface area (Å²) < 4.78 is 27.8. The lowest BCUT2D eigenvalue weighted by molar-refractivity contribution is 0.0187. The summed E-state index contributed by atoms with van der Waals surface area (Å²) in [6, 6.07) is 0. The first kappa shape index (κ1) is 9.54. The van der Waals surface area contributed by atoms with Gasteiger partial charge in [0.25, 0.3) is 6.43 Å². The van der Waals surface area contributed by atoms with Crippen molar-refractivity contribution in [1.82, 2.24) is 4.98 Å². The molecule has 0 aliphatic heterocycles. The van der Waals surface area contributed by atoms with Crippen molar-refractivity contribution in [3.8, 4) is 0 Å². The van der Waals surface area contributed by atoms with E-state index in [2.05, 4.69) is 9.72 Å². The second kappa shape index (κ2) is 5.16. The van der Waals surface area contributed by atoms with E-state index >= 15 is 0 Å². The first-order valence-electron chi connectivity index (χ1n) is 3.53. The van der Waals surface area contributed by atoms with Gasteiger partial charge in [-0.05, 0) is 0 Å². The molecule has 5 heteroatoms. The fourth-order valence-electron chi connectivity index (χ4n) is 0.708. The molecule has 1 heterocycles. The van der Waals surface area contributed by atoms with Gasteiger partial charge in [-0.2, -0.15) is 0 Å². The van der Waals surface area contributed by atoms with Crippen LogP contribution >= 0.6 is 11.3 Å². The fraction of sp³-hybridized carbons (Fsp3) is 0.571. The van der Waals surface area contributed by atoms with Crippen molar-refractivity contribution in [3.63, 3.8) is 0 Å². The van der Waals surface area contributed by atoms with Gasteiger partial charge in [0.05, 0.1) is 11.6 Å². The number of thiazole rings is 1. The molecule has 0 bridgehead atoms. The van der Waals surface area contributed by atoms with Crippen molar-refractivity contribution in [2.75, 3.05) is 13.2 Å². The predicted molar refractivity (Wildman–Crippen MR) is 42.6 cm³/mol. The number of rotatable bonds is 5. The number of hydrogen-bond acceptors (Lipinski definition) is 3. The molecule has 12 heavy (non-hydrogen) atoms. The van der Waals surface area contributed by atoms with Crippen LogP contribution in [0.3, 0.4) is 0 Å².